The molecular weight excluding hydrogens is 372 g/mol. The van der Waals surface area contributed by atoms with Gasteiger partial charge in [-0.1, -0.05) is 11.3 Å². The van der Waals surface area contributed by atoms with E-state index >= 15 is 0 Å². The lowest BCUT2D eigenvalue weighted by atomic mass is 9.96. The zero-order valence-electron chi connectivity index (χ0n) is 14.0. The van der Waals surface area contributed by atoms with E-state index in [1.54, 1.807) is 18.2 Å². The molecule has 3 aromatic rings. The number of rotatable bonds is 3. The molecule has 134 valence electrons. The summed E-state index contributed by atoms with van der Waals surface area (Å²) in [6.45, 7) is 0. The van der Waals surface area contributed by atoms with Crippen molar-refractivity contribution in [2.75, 3.05) is 11.6 Å². The summed E-state index contributed by atoms with van der Waals surface area (Å²) in [4.78, 5) is 17.0. The van der Waals surface area contributed by atoms with Crippen LogP contribution in [0.3, 0.4) is 0 Å². The smallest absolute Gasteiger partial charge is 0.277 e. The number of benzene rings is 1. The Labute approximate surface area is 154 Å². The van der Waals surface area contributed by atoms with Crippen molar-refractivity contribution in [2.45, 2.75) is 30.6 Å². The molecule has 0 bridgehead atoms. The number of carbonyl (C=O) groups excluding carboxylic acids is 1. The van der Waals surface area contributed by atoms with Gasteiger partial charge in [0.15, 0.2) is 20.7 Å². The standard InChI is InChI=1S/C17H16N4O3S2/c1-26(23,24)11-6-7-13-15(9-11)25-17(18-13)19-16(22)14-8-10-4-2-3-5-12(10)20-21-14/h6-9H,2-5H2,1H3,(H,18,19,22). The fourth-order valence-corrected chi connectivity index (χ4v) is 4.57. The number of thiazole rings is 1. The lowest BCUT2D eigenvalue weighted by Crippen LogP contribution is -2.17. The van der Waals surface area contributed by atoms with E-state index in [-0.39, 0.29) is 16.5 Å². The maximum Gasteiger partial charge on any atom is 0.277 e. The van der Waals surface area contributed by atoms with Crippen LogP contribution in [-0.2, 0) is 22.7 Å². The van der Waals surface area contributed by atoms with Crippen molar-refractivity contribution in [1.82, 2.24) is 15.2 Å². The Hall–Kier alpha value is -2.39. The number of hydrogen-bond donors (Lipinski definition) is 1. The van der Waals surface area contributed by atoms with Crippen LogP contribution in [0.25, 0.3) is 10.2 Å². The average Bonchev–Trinajstić information content (AvgIpc) is 3.01. The molecule has 0 aliphatic heterocycles. The fraction of sp³-hybridized carbons (Fsp3) is 0.294. The number of nitrogens with zero attached hydrogens (tertiary/aromatic N) is 3. The van der Waals surface area contributed by atoms with Crippen LogP contribution >= 0.6 is 11.3 Å². The van der Waals surface area contributed by atoms with Crippen molar-refractivity contribution in [3.05, 3.63) is 41.2 Å². The predicted molar refractivity (Wildman–Crippen MR) is 99.4 cm³/mol. The van der Waals surface area contributed by atoms with Gasteiger partial charge in [-0.05, 0) is 55.5 Å². The Morgan fingerprint density at radius 2 is 1.96 bits per heavy atom. The first-order valence-electron chi connectivity index (χ1n) is 8.17. The zero-order valence-corrected chi connectivity index (χ0v) is 15.7. The van der Waals surface area contributed by atoms with Crippen molar-refractivity contribution >= 4 is 42.4 Å². The normalized spacial score (nSPS) is 14.2. The van der Waals surface area contributed by atoms with Gasteiger partial charge in [0, 0.05) is 6.26 Å². The highest BCUT2D eigenvalue weighted by molar-refractivity contribution is 7.90. The van der Waals surface area contributed by atoms with Gasteiger partial charge in [-0.2, -0.15) is 5.10 Å². The molecular formula is C17H16N4O3S2. The van der Waals surface area contributed by atoms with E-state index in [1.807, 2.05) is 0 Å². The summed E-state index contributed by atoms with van der Waals surface area (Å²) in [5.41, 5.74) is 2.95. The minimum atomic E-state index is -3.29. The van der Waals surface area contributed by atoms with E-state index in [9.17, 15) is 13.2 Å². The molecule has 4 rings (SSSR count). The average molecular weight is 388 g/mol. The van der Waals surface area contributed by atoms with Gasteiger partial charge in [0.05, 0.1) is 20.8 Å². The highest BCUT2D eigenvalue weighted by Crippen LogP contribution is 2.28. The summed E-state index contributed by atoms with van der Waals surface area (Å²) in [5.74, 6) is -0.367. The molecule has 1 amide bonds. The number of aromatic nitrogens is 3. The number of amides is 1. The van der Waals surface area contributed by atoms with Crippen LogP contribution < -0.4 is 5.32 Å². The molecule has 7 nitrogen and oxygen atoms in total. The van der Waals surface area contributed by atoms with Crippen molar-refractivity contribution in [3.8, 4) is 0 Å². The van der Waals surface area contributed by atoms with Gasteiger partial charge in [0.25, 0.3) is 5.91 Å². The van der Waals surface area contributed by atoms with E-state index in [1.165, 1.54) is 17.4 Å². The maximum absolute atomic E-state index is 12.5. The molecule has 9 heteroatoms. The Bertz CT molecular complexity index is 1120. The second-order valence-electron chi connectivity index (χ2n) is 6.28. The van der Waals surface area contributed by atoms with Crippen LogP contribution in [0.4, 0.5) is 5.13 Å². The quantitative estimate of drug-likeness (QED) is 0.740. The monoisotopic (exact) mass is 388 g/mol. The molecule has 1 aromatic carbocycles. The minimum Gasteiger partial charge on any atom is -0.296 e. The first-order valence-corrected chi connectivity index (χ1v) is 10.9. The van der Waals surface area contributed by atoms with Crippen LogP contribution in [0.2, 0.25) is 0 Å². The van der Waals surface area contributed by atoms with Gasteiger partial charge in [-0.3, -0.25) is 10.1 Å². The van der Waals surface area contributed by atoms with Gasteiger partial charge in [0.2, 0.25) is 0 Å². The third kappa shape index (κ3) is 3.32. The van der Waals surface area contributed by atoms with Crippen LogP contribution in [0.5, 0.6) is 0 Å². The van der Waals surface area contributed by atoms with Crippen LogP contribution in [0.1, 0.15) is 34.6 Å². The summed E-state index contributed by atoms with van der Waals surface area (Å²) in [6.07, 6.45) is 5.19. The molecule has 0 radical (unpaired) electrons. The summed E-state index contributed by atoms with van der Waals surface area (Å²) in [7, 11) is -3.29. The highest BCUT2D eigenvalue weighted by atomic mass is 32.2. The van der Waals surface area contributed by atoms with Gasteiger partial charge in [0.1, 0.15) is 0 Å². The molecule has 0 atom stereocenters. The number of sulfone groups is 1. The van der Waals surface area contributed by atoms with E-state index < -0.39 is 9.84 Å². The topological polar surface area (TPSA) is 102 Å². The number of aryl methyl sites for hydroxylation is 2. The Morgan fingerprint density at radius 3 is 2.77 bits per heavy atom. The van der Waals surface area contributed by atoms with Crippen molar-refractivity contribution < 1.29 is 13.2 Å². The second kappa shape index (κ2) is 6.40. The number of anilines is 1. The molecule has 0 spiro atoms. The number of fused-ring (bicyclic) bond motifs is 2. The molecule has 2 aromatic heterocycles. The lowest BCUT2D eigenvalue weighted by Gasteiger charge is -2.13. The van der Waals surface area contributed by atoms with Gasteiger partial charge < -0.3 is 0 Å². The second-order valence-corrected chi connectivity index (χ2v) is 9.33. The summed E-state index contributed by atoms with van der Waals surface area (Å²) in [6, 6.07) is 6.51. The van der Waals surface area contributed by atoms with Crippen LogP contribution in [0.15, 0.2) is 29.2 Å². The predicted octanol–water partition coefficient (Wildman–Crippen LogP) is 2.62. The first-order chi connectivity index (χ1) is 12.4. The minimum absolute atomic E-state index is 0.229. The maximum atomic E-state index is 12.5. The van der Waals surface area contributed by atoms with Crippen molar-refractivity contribution in [3.63, 3.8) is 0 Å². The molecule has 26 heavy (non-hydrogen) atoms. The van der Waals surface area contributed by atoms with Crippen LogP contribution in [0, 0.1) is 0 Å². The number of nitrogens with one attached hydrogen (secondary N) is 1. The Balaban J connectivity index is 1.59. The largest absolute Gasteiger partial charge is 0.296 e. The fourth-order valence-electron chi connectivity index (χ4n) is 2.95. The molecule has 1 aliphatic carbocycles. The molecule has 0 unspecified atom stereocenters. The number of hydrogen-bond acceptors (Lipinski definition) is 7. The molecule has 0 saturated carbocycles. The summed E-state index contributed by atoms with van der Waals surface area (Å²) in [5, 5.41) is 11.3. The van der Waals surface area contributed by atoms with E-state index in [2.05, 4.69) is 20.5 Å². The summed E-state index contributed by atoms with van der Waals surface area (Å²) >= 11 is 1.22. The van der Waals surface area contributed by atoms with Gasteiger partial charge in [-0.25, -0.2) is 13.4 Å². The van der Waals surface area contributed by atoms with E-state index in [0.717, 1.165) is 43.2 Å². The SMILES string of the molecule is CS(=O)(=O)c1ccc2nc(NC(=O)c3cc4c(nn3)CCCC4)sc2c1. The number of carbonyl (C=O) groups is 1. The van der Waals surface area contributed by atoms with E-state index in [4.69, 9.17) is 0 Å². The zero-order chi connectivity index (χ0) is 18.3. The summed E-state index contributed by atoms with van der Waals surface area (Å²) < 4.78 is 24.0. The van der Waals surface area contributed by atoms with Crippen molar-refractivity contribution in [1.29, 1.82) is 0 Å². The molecule has 2 heterocycles. The van der Waals surface area contributed by atoms with Gasteiger partial charge in [-0.15, -0.1) is 5.10 Å². The van der Waals surface area contributed by atoms with Gasteiger partial charge >= 0.3 is 0 Å². The molecule has 0 saturated heterocycles. The highest BCUT2D eigenvalue weighted by Gasteiger charge is 2.17. The molecule has 1 aliphatic rings. The van der Waals surface area contributed by atoms with Crippen LogP contribution in [-0.4, -0.2) is 35.8 Å². The molecule has 0 fully saturated rings. The molecule has 1 N–H and O–H groups in total. The van der Waals surface area contributed by atoms with E-state index in [0.29, 0.717) is 15.3 Å². The first kappa shape index (κ1) is 17.0. The third-order valence-electron chi connectivity index (χ3n) is 4.31. The lowest BCUT2D eigenvalue weighted by molar-refractivity contribution is 0.102. The third-order valence-corrected chi connectivity index (χ3v) is 6.35. The Kier molecular flexibility index (Phi) is 4.20. The Morgan fingerprint density at radius 1 is 1.15 bits per heavy atom. The van der Waals surface area contributed by atoms with Crippen molar-refractivity contribution in [2.24, 2.45) is 0 Å².